The number of hydrogen-bond acceptors (Lipinski definition) is 5. The van der Waals surface area contributed by atoms with E-state index in [1.54, 1.807) is 0 Å². The number of hydrogen-bond donors (Lipinski definition) is 3. The fraction of sp³-hybridized carbons (Fsp3) is 0.750. The molecule has 0 bridgehead atoms. The molecule has 3 fully saturated rings. The highest BCUT2D eigenvalue weighted by molar-refractivity contribution is 6.54. The third kappa shape index (κ3) is 5.13. The summed E-state index contributed by atoms with van der Waals surface area (Å²) in [4.78, 5) is 40.5. The van der Waals surface area contributed by atoms with Crippen LogP contribution in [-0.4, -0.2) is 46.4 Å². The molecule has 5 N–H and O–H groups in total. The van der Waals surface area contributed by atoms with Crippen molar-refractivity contribution in [2.24, 2.45) is 27.6 Å². The molecule has 0 aromatic rings. The number of imide groups is 1. The van der Waals surface area contributed by atoms with E-state index in [4.69, 9.17) is 11.5 Å². The zero-order valence-corrected chi connectivity index (χ0v) is 16.9. The molecule has 2 aliphatic carbocycles. The summed E-state index contributed by atoms with van der Waals surface area (Å²) in [6.07, 6.45) is 11.8. The summed E-state index contributed by atoms with van der Waals surface area (Å²) in [5.74, 6) is -3.13. The van der Waals surface area contributed by atoms with E-state index in [0.29, 0.717) is 0 Å². The number of nitrogens with two attached hydrogens (primary N) is 2. The summed E-state index contributed by atoms with van der Waals surface area (Å²) >= 11 is 0. The van der Waals surface area contributed by atoms with Crippen molar-refractivity contribution < 1.29 is 14.4 Å². The molecule has 0 aromatic carbocycles. The molecule has 1 atom stereocenters. The number of rotatable bonds is 4. The van der Waals surface area contributed by atoms with Crippen LogP contribution in [0.25, 0.3) is 0 Å². The Balaban J connectivity index is 1.83. The molecule has 3 amide bonds. The minimum Gasteiger partial charge on any atom is -0.369 e. The predicted octanol–water partition coefficient (Wildman–Crippen LogP) is 1.16. The Kier molecular flexibility index (Phi) is 7.22. The first-order valence-corrected chi connectivity index (χ1v) is 10.8. The minimum atomic E-state index is -1.28. The van der Waals surface area contributed by atoms with Gasteiger partial charge >= 0.3 is 0 Å². The molecule has 0 spiro atoms. The van der Waals surface area contributed by atoms with Gasteiger partial charge in [-0.15, -0.1) is 10.2 Å². The van der Waals surface area contributed by atoms with Crippen LogP contribution < -0.4 is 16.8 Å². The Bertz CT molecular complexity index is 684. The van der Waals surface area contributed by atoms with E-state index >= 15 is 0 Å². The number of guanidine groups is 1. The van der Waals surface area contributed by atoms with Crippen LogP contribution in [0.15, 0.2) is 10.2 Å². The molecule has 160 valence electrons. The van der Waals surface area contributed by atoms with Crippen molar-refractivity contribution >= 4 is 29.4 Å². The van der Waals surface area contributed by atoms with Crippen LogP contribution in [0.3, 0.4) is 0 Å². The molecule has 3 aliphatic rings. The van der Waals surface area contributed by atoms with Gasteiger partial charge in [0.25, 0.3) is 5.91 Å². The van der Waals surface area contributed by atoms with Gasteiger partial charge in [-0.3, -0.25) is 19.3 Å². The zero-order chi connectivity index (χ0) is 20.8. The lowest BCUT2D eigenvalue weighted by molar-refractivity contribution is -0.143. The van der Waals surface area contributed by atoms with Gasteiger partial charge in [0.1, 0.15) is 0 Å². The number of nitrogens with zero attached hydrogens (tertiary/aromatic N) is 3. The van der Waals surface area contributed by atoms with Crippen LogP contribution in [0.4, 0.5) is 0 Å². The van der Waals surface area contributed by atoms with Crippen LogP contribution in [0.5, 0.6) is 0 Å². The van der Waals surface area contributed by atoms with E-state index < -0.39 is 23.6 Å². The summed E-state index contributed by atoms with van der Waals surface area (Å²) in [6, 6.07) is -0.179. The van der Waals surface area contributed by atoms with Crippen molar-refractivity contribution in [1.82, 2.24) is 10.2 Å². The van der Waals surface area contributed by atoms with Crippen molar-refractivity contribution in [3.05, 3.63) is 0 Å². The van der Waals surface area contributed by atoms with E-state index in [0.717, 1.165) is 77.0 Å². The fourth-order valence-corrected chi connectivity index (χ4v) is 4.62. The van der Waals surface area contributed by atoms with Crippen molar-refractivity contribution in [3.63, 3.8) is 0 Å². The van der Waals surface area contributed by atoms with E-state index in [9.17, 15) is 14.4 Å². The zero-order valence-electron chi connectivity index (χ0n) is 16.9. The molecule has 2 saturated carbocycles. The van der Waals surface area contributed by atoms with E-state index in [-0.39, 0.29) is 23.8 Å². The van der Waals surface area contributed by atoms with E-state index in [2.05, 4.69) is 15.5 Å². The van der Waals surface area contributed by atoms with Gasteiger partial charge in [0.2, 0.25) is 17.8 Å². The van der Waals surface area contributed by atoms with Gasteiger partial charge in [0, 0.05) is 12.1 Å². The number of likely N-dealkylation sites (tertiary alicyclic amines) is 1. The Morgan fingerprint density at radius 2 is 1.45 bits per heavy atom. The first kappa shape index (κ1) is 21.3. The average Bonchev–Trinajstić information content (AvgIpc) is 2.98. The summed E-state index contributed by atoms with van der Waals surface area (Å²) in [5.41, 5.74) is 10.5. The number of nitrogens with one attached hydrogen (secondary N) is 1. The molecule has 1 unspecified atom stereocenters. The van der Waals surface area contributed by atoms with Crippen LogP contribution in [0.2, 0.25) is 0 Å². The highest BCUT2D eigenvalue weighted by Crippen LogP contribution is 2.29. The van der Waals surface area contributed by atoms with Gasteiger partial charge in [0.05, 0.1) is 0 Å². The van der Waals surface area contributed by atoms with E-state index in [1.165, 1.54) is 4.90 Å². The topological polar surface area (TPSA) is 143 Å². The van der Waals surface area contributed by atoms with Crippen molar-refractivity contribution in [2.45, 2.75) is 89.1 Å². The average molecular weight is 405 g/mol. The SMILES string of the molecule is NC(N)=NN=C1C(=O)N(C2CCCCCC2)C(=O)C1C(=O)NC1CCCCCC1. The molecule has 29 heavy (non-hydrogen) atoms. The highest BCUT2D eigenvalue weighted by atomic mass is 16.2. The molecule has 1 heterocycles. The third-order valence-electron chi connectivity index (χ3n) is 6.12. The van der Waals surface area contributed by atoms with Crippen LogP contribution in [0.1, 0.15) is 77.0 Å². The van der Waals surface area contributed by atoms with Crippen molar-refractivity contribution in [3.8, 4) is 0 Å². The lowest BCUT2D eigenvalue weighted by Gasteiger charge is -2.25. The van der Waals surface area contributed by atoms with Gasteiger partial charge < -0.3 is 16.8 Å². The maximum Gasteiger partial charge on any atom is 0.278 e. The van der Waals surface area contributed by atoms with Gasteiger partial charge in [-0.25, -0.2) is 0 Å². The molecule has 0 radical (unpaired) electrons. The third-order valence-corrected chi connectivity index (χ3v) is 6.12. The Hall–Kier alpha value is -2.45. The summed E-state index contributed by atoms with van der Waals surface area (Å²) in [6.45, 7) is 0. The second kappa shape index (κ2) is 9.84. The number of carbonyl (C=O) groups excluding carboxylic acids is 3. The maximum atomic E-state index is 13.2. The van der Waals surface area contributed by atoms with Crippen LogP contribution in [0, 0.1) is 5.92 Å². The Morgan fingerprint density at radius 3 is 2.00 bits per heavy atom. The van der Waals surface area contributed by atoms with Crippen molar-refractivity contribution in [1.29, 1.82) is 0 Å². The van der Waals surface area contributed by atoms with Crippen LogP contribution >= 0.6 is 0 Å². The smallest absolute Gasteiger partial charge is 0.278 e. The first-order valence-electron chi connectivity index (χ1n) is 10.8. The quantitative estimate of drug-likeness (QED) is 0.161. The molecule has 1 saturated heterocycles. The van der Waals surface area contributed by atoms with Gasteiger partial charge in [0.15, 0.2) is 11.6 Å². The second-order valence-corrected chi connectivity index (χ2v) is 8.30. The Labute approximate surface area is 171 Å². The monoisotopic (exact) mass is 404 g/mol. The molecule has 9 nitrogen and oxygen atoms in total. The maximum absolute atomic E-state index is 13.2. The Morgan fingerprint density at radius 1 is 0.897 bits per heavy atom. The number of amides is 3. The van der Waals surface area contributed by atoms with Gasteiger partial charge in [-0.2, -0.15) is 0 Å². The second-order valence-electron chi connectivity index (χ2n) is 8.30. The summed E-state index contributed by atoms with van der Waals surface area (Å²) < 4.78 is 0. The standard InChI is InChI=1S/C20H32N6O3/c21-20(22)25-24-16-15(17(27)23-13-9-5-1-2-6-10-13)18(28)26(19(16)29)14-11-7-3-4-8-12-14/h13-15H,1-12H2,(H,23,27)(H4,21,22,25). The molecular formula is C20H32N6O3. The van der Waals surface area contributed by atoms with Gasteiger partial charge in [-0.05, 0) is 25.7 Å². The molecule has 3 rings (SSSR count). The summed E-state index contributed by atoms with van der Waals surface area (Å²) in [5, 5.41) is 10.4. The molecule has 0 aromatic heterocycles. The first-order chi connectivity index (χ1) is 14.0. The summed E-state index contributed by atoms with van der Waals surface area (Å²) in [7, 11) is 0. The van der Waals surface area contributed by atoms with Crippen molar-refractivity contribution in [2.75, 3.05) is 0 Å². The molecule has 9 heteroatoms. The normalized spacial score (nSPS) is 26.3. The largest absolute Gasteiger partial charge is 0.369 e. The lowest BCUT2D eigenvalue weighted by atomic mass is 10.0. The van der Waals surface area contributed by atoms with Crippen LogP contribution in [-0.2, 0) is 14.4 Å². The predicted molar refractivity (Wildman–Crippen MR) is 110 cm³/mol. The minimum absolute atomic E-state index is 0.0177. The van der Waals surface area contributed by atoms with Gasteiger partial charge in [-0.1, -0.05) is 51.4 Å². The highest BCUT2D eigenvalue weighted by Gasteiger charge is 2.51. The lowest BCUT2D eigenvalue weighted by Crippen LogP contribution is -2.44. The fourth-order valence-electron chi connectivity index (χ4n) is 4.62. The van der Waals surface area contributed by atoms with E-state index in [1.807, 2.05) is 0 Å². The number of carbonyl (C=O) groups is 3. The molecular weight excluding hydrogens is 372 g/mol. The molecule has 1 aliphatic heterocycles.